The minimum absolute atomic E-state index is 0.118. The Kier molecular flexibility index (Phi) is 4.65. The fourth-order valence-electron chi connectivity index (χ4n) is 3.16. The zero-order valence-electron chi connectivity index (χ0n) is 15.6. The molecular formula is C22H15ClFN5O. The third kappa shape index (κ3) is 3.51. The highest BCUT2D eigenvalue weighted by molar-refractivity contribution is 6.31. The monoisotopic (exact) mass is 419 g/mol. The van der Waals surface area contributed by atoms with Crippen LogP contribution in [0.15, 0.2) is 73.6 Å². The predicted molar refractivity (Wildman–Crippen MR) is 112 cm³/mol. The van der Waals surface area contributed by atoms with E-state index < -0.39 is 0 Å². The van der Waals surface area contributed by atoms with E-state index in [-0.39, 0.29) is 12.4 Å². The van der Waals surface area contributed by atoms with Crippen molar-refractivity contribution in [2.24, 2.45) is 0 Å². The molecular weight excluding hydrogens is 405 g/mol. The van der Waals surface area contributed by atoms with Crippen LogP contribution < -0.4 is 4.84 Å². The largest absolute Gasteiger partial charge is 0.409 e. The van der Waals surface area contributed by atoms with Crippen molar-refractivity contribution in [2.45, 2.75) is 6.61 Å². The number of rotatable bonds is 5. The van der Waals surface area contributed by atoms with Gasteiger partial charge in [-0.2, -0.15) is 4.73 Å². The number of nitrogens with zero attached hydrogens (tertiary/aromatic N) is 4. The molecule has 0 radical (unpaired) electrons. The number of nitrogens with one attached hydrogen (secondary N) is 1. The summed E-state index contributed by atoms with van der Waals surface area (Å²) in [5.41, 5.74) is 5.31. The first kappa shape index (κ1) is 18.3. The SMILES string of the molecule is Fc1ccc(Cl)c(COn2ccc3ncc(-c4cncc(-c5cc[nH]c5)n4)cc32)c1. The van der Waals surface area contributed by atoms with Crippen LogP contribution in [0.2, 0.25) is 5.02 Å². The van der Waals surface area contributed by atoms with E-state index in [1.54, 1.807) is 29.5 Å². The van der Waals surface area contributed by atoms with Crippen molar-refractivity contribution >= 4 is 22.6 Å². The van der Waals surface area contributed by atoms with E-state index in [4.69, 9.17) is 16.4 Å². The number of H-pyrrole nitrogens is 1. The van der Waals surface area contributed by atoms with Crippen molar-refractivity contribution in [1.82, 2.24) is 24.7 Å². The molecule has 0 unspecified atom stereocenters. The van der Waals surface area contributed by atoms with Gasteiger partial charge in [0.1, 0.15) is 17.9 Å². The Balaban J connectivity index is 1.46. The quantitative estimate of drug-likeness (QED) is 0.439. The average Bonchev–Trinajstić information content (AvgIpc) is 3.44. The van der Waals surface area contributed by atoms with Crippen LogP contribution in [0.1, 0.15) is 5.56 Å². The molecule has 6 nitrogen and oxygen atoms in total. The van der Waals surface area contributed by atoms with Gasteiger partial charge in [-0.15, -0.1) is 0 Å². The molecule has 0 aliphatic heterocycles. The van der Waals surface area contributed by atoms with Crippen molar-refractivity contribution in [1.29, 1.82) is 0 Å². The maximum Gasteiger partial charge on any atom is 0.141 e. The van der Waals surface area contributed by atoms with Crippen molar-refractivity contribution in [3.05, 3.63) is 90.0 Å². The standard InChI is InChI=1S/C22H15ClFN5O/c23-18-2-1-17(24)7-16(18)13-30-29-6-4-19-22(29)8-15(10-27-19)21-12-26-11-20(28-21)14-3-5-25-9-14/h1-12,25H,13H2. The Bertz CT molecular complexity index is 1330. The highest BCUT2D eigenvalue weighted by Crippen LogP contribution is 2.24. The molecule has 0 amide bonds. The summed E-state index contributed by atoms with van der Waals surface area (Å²) in [7, 11) is 0. The van der Waals surface area contributed by atoms with Gasteiger partial charge in [0.25, 0.3) is 0 Å². The highest BCUT2D eigenvalue weighted by atomic mass is 35.5. The summed E-state index contributed by atoms with van der Waals surface area (Å²) in [6.07, 6.45) is 10.6. The number of aromatic amines is 1. The van der Waals surface area contributed by atoms with Gasteiger partial charge in [-0.3, -0.25) is 9.97 Å². The number of halogens is 2. The van der Waals surface area contributed by atoms with E-state index in [0.29, 0.717) is 16.3 Å². The fraction of sp³-hybridized carbons (Fsp3) is 0.0455. The van der Waals surface area contributed by atoms with E-state index in [2.05, 4.69) is 19.9 Å². The summed E-state index contributed by atoms with van der Waals surface area (Å²) in [6, 6.07) is 9.90. The highest BCUT2D eigenvalue weighted by Gasteiger charge is 2.10. The van der Waals surface area contributed by atoms with Gasteiger partial charge in [0, 0.05) is 46.5 Å². The van der Waals surface area contributed by atoms with Crippen LogP contribution in [-0.4, -0.2) is 24.7 Å². The van der Waals surface area contributed by atoms with E-state index >= 15 is 0 Å². The van der Waals surface area contributed by atoms with E-state index in [0.717, 1.165) is 27.9 Å². The molecule has 0 spiro atoms. The molecule has 0 aliphatic carbocycles. The Labute approximate surface area is 175 Å². The zero-order chi connectivity index (χ0) is 20.5. The second-order valence-corrected chi connectivity index (χ2v) is 7.08. The predicted octanol–water partition coefficient (Wildman–Crippen LogP) is 4.91. The van der Waals surface area contributed by atoms with Crippen molar-refractivity contribution in [3.63, 3.8) is 0 Å². The van der Waals surface area contributed by atoms with Crippen molar-refractivity contribution < 1.29 is 9.23 Å². The van der Waals surface area contributed by atoms with Gasteiger partial charge in [0.15, 0.2) is 0 Å². The van der Waals surface area contributed by atoms with E-state index in [1.165, 1.54) is 18.2 Å². The van der Waals surface area contributed by atoms with Gasteiger partial charge < -0.3 is 9.82 Å². The molecule has 0 aliphatic rings. The third-order valence-electron chi connectivity index (χ3n) is 4.69. The molecule has 5 rings (SSSR count). The molecule has 8 heteroatoms. The van der Waals surface area contributed by atoms with Crippen LogP contribution in [0, 0.1) is 5.82 Å². The molecule has 0 saturated heterocycles. The first-order chi connectivity index (χ1) is 14.7. The number of benzene rings is 1. The Hall–Kier alpha value is -3.71. The van der Waals surface area contributed by atoms with Crippen molar-refractivity contribution in [3.8, 4) is 22.5 Å². The second-order valence-electron chi connectivity index (χ2n) is 6.67. The molecule has 0 saturated carbocycles. The van der Waals surface area contributed by atoms with Crippen LogP contribution >= 0.6 is 11.6 Å². The van der Waals surface area contributed by atoms with Crippen LogP contribution in [-0.2, 0) is 6.61 Å². The number of aromatic nitrogens is 5. The van der Waals surface area contributed by atoms with Gasteiger partial charge in [-0.05, 0) is 36.4 Å². The summed E-state index contributed by atoms with van der Waals surface area (Å²) in [6.45, 7) is 0.118. The Morgan fingerprint density at radius 1 is 1.03 bits per heavy atom. The van der Waals surface area contributed by atoms with Gasteiger partial charge in [0.05, 0.1) is 29.3 Å². The van der Waals surface area contributed by atoms with E-state index in [1.807, 2.05) is 30.6 Å². The minimum Gasteiger partial charge on any atom is -0.409 e. The molecule has 0 bridgehead atoms. The number of fused-ring (bicyclic) bond motifs is 1. The summed E-state index contributed by atoms with van der Waals surface area (Å²) < 4.78 is 15.1. The molecule has 4 heterocycles. The van der Waals surface area contributed by atoms with Gasteiger partial charge in [-0.1, -0.05) is 11.6 Å². The second kappa shape index (κ2) is 7.61. The topological polar surface area (TPSA) is 68.6 Å². The molecule has 1 N–H and O–H groups in total. The van der Waals surface area contributed by atoms with Crippen LogP contribution in [0.5, 0.6) is 0 Å². The Morgan fingerprint density at radius 3 is 2.73 bits per heavy atom. The lowest BCUT2D eigenvalue weighted by atomic mass is 10.2. The summed E-state index contributed by atoms with van der Waals surface area (Å²) in [4.78, 5) is 22.4. The molecule has 30 heavy (non-hydrogen) atoms. The normalized spacial score (nSPS) is 11.1. The molecule has 148 valence electrons. The maximum absolute atomic E-state index is 13.5. The fourth-order valence-corrected chi connectivity index (χ4v) is 3.33. The first-order valence-electron chi connectivity index (χ1n) is 9.17. The summed E-state index contributed by atoms with van der Waals surface area (Å²) in [5.74, 6) is -0.361. The van der Waals surface area contributed by atoms with Gasteiger partial charge in [-0.25, -0.2) is 9.37 Å². The maximum atomic E-state index is 13.5. The number of hydrogen-bond donors (Lipinski definition) is 1. The summed E-state index contributed by atoms with van der Waals surface area (Å²) in [5, 5.41) is 0.448. The van der Waals surface area contributed by atoms with Gasteiger partial charge >= 0.3 is 0 Å². The minimum atomic E-state index is -0.361. The molecule has 0 fully saturated rings. The summed E-state index contributed by atoms with van der Waals surface area (Å²) >= 11 is 6.13. The lowest BCUT2D eigenvalue weighted by Gasteiger charge is -2.10. The van der Waals surface area contributed by atoms with Gasteiger partial charge in [0.2, 0.25) is 0 Å². The Morgan fingerprint density at radius 2 is 1.90 bits per heavy atom. The number of hydrogen-bond acceptors (Lipinski definition) is 4. The van der Waals surface area contributed by atoms with Crippen LogP contribution in [0.3, 0.4) is 0 Å². The van der Waals surface area contributed by atoms with Crippen LogP contribution in [0.25, 0.3) is 33.5 Å². The van der Waals surface area contributed by atoms with Crippen molar-refractivity contribution in [2.75, 3.05) is 0 Å². The molecule has 0 atom stereocenters. The zero-order valence-corrected chi connectivity index (χ0v) is 16.3. The average molecular weight is 420 g/mol. The van der Waals surface area contributed by atoms with Crippen LogP contribution in [0.4, 0.5) is 4.39 Å². The third-order valence-corrected chi connectivity index (χ3v) is 5.06. The first-order valence-corrected chi connectivity index (χ1v) is 9.55. The molecule has 1 aromatic carbocycles. The smallest absolute Gasteiger partial charge is 0.141 e. The lowest BCUT2D eigenvalue weighted by molar-refractivity contribution is 0.107. The lowest BCUT2D eigenvalue weighted by Crippen LogP contribution is -2.10. The molecule has 5 aromatic rings. The van der Waals surface area contributed by atoms with E-state index in [9.17, 15) is 4.39 Å². The molecule has 4 aromatic heterocycles. The number of pyridine rings is 1.